The van der Waals surface area contributed by atoms with E-state index < -0.39 is 0 Å². The molecule has 0 fully saturated rings. The van der Waals surface area contributed by atoms with Crippen LogP contribution in [0.1, 0.15) is 24.3 Å². The highest BCUT2D eigenvalue weighted by atomic mass is 32.1. The standard InChI is InChI=1S/C10H13NS/c11-10-4-2-1-3-9(10)8-5-6-12-7-8/h1-2,5-7,9-10H,3-4,11H2/t9-,10+/m1/s1. The van der Waals surface area contributed by atoms with Gasteiger partial charge in [-0.3, -0.25) is 0 Å². The van der Waals surface area contributed by atoms with Crippen molar-refractivity contribution in [2.24, 2.45) is 5.73 Å². The Morgan fingerprint density at radius 3 is 2.83 bits per heavy atom. The number of nitrogens with two attached hydrogens (primary N) is 1. The summed E-state index contributed by atoms with van der Waals surface area (Å²) in [4.78, 5) is 0. The largest absolute Gasteiger partial charge is 0.327 e. The molecule has 0 spiro atoms. The van der Waals surface area contributed by atoms with Crippen molar-refractivity contribution in [3.8, 4) is 0 Å². The molecule has 1 aromatic heterocycles. The van der Waals surface area contributed by atoms with Crippen LogP contribution in [0.5, 0.6) is 0 Å². The van der Waals surface area contributed by atoms with Gasteiger partial charge in [-0.25, -0.2) is 0 Å². The van der Waals surface area contributed by atoms with E-state index in [4.69, 9.17) is 5.73 Å². The van der Waals surface area contributed by atoms with Crippen LogP contribution in [0.2, 0.25) is 0 Å². The van der Waals surface area contributed by atoms with E-state index in [1.165, 1.54) is 5.56 Å². The summed E-state index contributed by atoms with van der Waals surface area (Å²) < 4.78 is 0. The minimum Gasteiger partial charge on any atom is -0.327 e. The van der Waals surface area contributed by atoms with Crippen LogP contribution in [0.3, 0.4) is 0 Å². The lowest BCUT2D eigenvalue weighted by molar-refractivity contribution is 0.522. The van der Waals surface area contributed by atoms with Gasteiger partial charge in [0.25, 0.3) is 0 Å². The molecule has 0 aliphatic heterocycles. The van der Waals surface area contributed by atoms with E-state index in [-0.39, 0.29) is 0 Å². The van der Waals surface area contributed by atoms with Crippen molar-refractivity contribution in [3.63, 3.8) is 0 Å². The maximum atomic E-state index is 6.02. The monoisotopic (exact) mass is 179 g/mol. The van der Waals surface area contributed by atoms with E-state index in [1.807, 2.05) is 0 Å². The number of thiophene rings is 1. The fourth-order valence-corrected chi connectivity index (χ4v) is 2.43. The third kappa shape index (κ3) is 1.45. The van der Waals surface area contributed by atoms with E-state index in [0.29, 0.717) is 12.0 Å². The Labute approximate surface area is 76.9 Å². The molecular formula is C10H13NS. The van der Waals surface area contributed by atoms with Crippen molar-refractivity contribution in [3.05, 3.63) is 34.5 Å². The summed E-state index contributed by atoms with van der Waals surface area (Å²) in [5.41, 5.74) is 7.44. The van der Waals surface area contributed by atoms with E-state index in [0.717, 1.165) is 12.8 Å². The molecule has 12 heavy (non-hydrogen) atoms. The summed E-state index contributed by atoms with van der Waals surface area (Å²) in [6.07, 6.45) is 6.57. The first-order valence-electron chi connectivity index (χ1n) is 4.30. The van der Waals surface area contributed by atoms with Gasteiger partial charge in [-0.1, -0.05) is 12.2 Å². The van der Waals surface area contributed by atoms with Crippen molar-refractivity contribution in [2.45, 2.75) is 24.8 Å². The molecule has 1 aromatic rings. The lowest BCUT2D eigenvalue weighted by atomic mass is 9.85. The van der Waals surface area contributed by atoms with Gasteiger partial charge in [0, 0.05) is 12.0 Å². The molecule has 0 saturated heterocycles. The van der Waals surface area contributed by atoms with E-state index in [2.05, 4.69) is 29.0 Å². The van der Waals surface area contributed by atoms with Gasteiger partial charge in [-0.2, -0.15) is 11.3 Å². The van der Waals surface area contributed by atoms with E-state index in [9.17, 15) is 0 Å². The second-order valence-corrected chi connectivity index (χ2v) is 4.05. The Kier molecular flexibility index (Phi) is 2.28. The zero-order valence-electron chi connectivity index (χ0n) is 6.94. The van der Waals surface area contributed by atoms with E-state index >= 15 is 0 Å². The Bertz CT molecular complexity index is 263. The average molecular weight is 179 g/mol. The zero-order valence-corrected chi connectivity index (χ0v) is 7.76. The van der Waals surface area contributed by atoms with Crippen LogP contribution in [0.25, 0.3) is 0 Å². The van der Waals surface area contributed by atoms with Crippen molar-refractivity contribution in [1.82, 2.24) is 0 Å². The summed E-state index contributed by atoms with van der Waals surface area (Å²) in [5.74, 6) is 0.557. The summed E-state index contributed by atoms with van der Waals surface area (Å²) in [7, 11) is 0. The maximum Gasteiger partial charge on any atom is 0.0146 e. The molecule has 0 amide bonds. The molecule has 1 aliphatic rings. The normalized spacial score (nSPS) is 29.1. The topological polar surface area (TPSA) is 26.0 Å². The van der Waals surface area contributed by atoms with Gasteiger partial charge in [0.1, 0.15) is 0 Å². The molecule has 64 valence electrons. The highest BCUT2D eigenvalue weighted by molar-refractivity contribution is 7.07. The quantitative estimate of drug-likeness (QED) is 0.659. The predicted octanol–water partition coefficient (Wildman–Crippen LogP) is 2.51. The van der Waals surface area contributed by atoms with Crippen molar-refractivity contribution < 1.29 is 0 Å². The molecule has 0 unspecified atom stereocenters. The Hall–Kier alpha value is -0.600. The van der Waals surface area contributed by atoms with E-state index in [1.54, 1.807) is 11.3 Å². The minimum atomic E-state index is 0.324. The molecule has 0 radical (unpaired) electrons. The van der Waals surface area contributed by atoms with Crippen LogP contribution >= 0.6 is 11.3 Å². The van der Waals surface area contributed by atoms with Crippen LogP contribution in [0.4, 0.5) is 0 Å². The minimum absolute atomic E-state index is 0.324. The molecule has 1 nitrogen and oxygen atoms in total. The predicted molar refractivity (Wildman–Crippen MR) is 53.4 cm³/mol. The fraction of sp³-hybridized carbons (Fsp3) is 0.400. The summed E-state index contributed by atoms with van der Waals surface area (Å²) >= 11 is 1.76. The van der Waals surface area contributed by atoms with Crippen molar-refractivity contribution >= 4 is 11.3 Å². The van der Waals surface area contributed by atoms with Gasteiger partial charge < -0.3 is 5.73 Å². The van der Waals surface area contributed by atoms with Gasteiger partial charge in [0.15, 0.2) is 0 Å². The Balaban J connectivity index is 2.18. The van der Waals surface area contributed by atoms with Gasteiger partial charge in [-0.05, 0) is 35.2 Å². The van der Waals surface area contributed by atoms with Crippen LogP contribution in [-0.2, 0) is 0 Å². The first-order valence-corrected chi connectivity index (χ1v) is 5.25. The molecule has 1 aliphatic carbocycles. The van der Waals surface area contributed by atoms with Gasteiger partial charge in [0.2, 0.25) is 0 Å². The maximum absolute atomic E-state index is 6.02. The molecule has 2 rings (SSSR count). The van der Waals surface area contributed by atoms with Gasteiger partial charge in [0.05, 0.1) is 0 Å². The first-order chi connectivity index (χ1) is 5.88. The summed E-state index contributed by atoms with van der Waals surface area (Å²) in [6, 6.07) is 2.51. The second kappa shape index (κ2) is 3.42. The first kappa shape index (κ1) is 8.02. The molecule has 0 aromatic carbocycles. The smallest absolute Gasteiger partial charge is 0.0146 e. The average Bonchev–Trinajstić information content (AvgIpc) is 2.57. The number of hydrogen-bond acceptors (Lipinski definition) is 2. The molecule has 2 heteroatoms. The highest BCUT2D eigenvalue weighted by Crippen LogP contribution is 2.29. The van der Waals surface area contributed by atoms with Gasteiger partial charge in [-0.15, -0.1) is 0 Å². The third-order valence-electron chi connectivity index (χ3n) is 2.45. The van der Waals surface area contributed by atoms with Crippen LogP contribution in [-0.4, -0.2) is 6.04 Å². The van der Waals surface area contributed by atoms with Crippen LogP contribution < -0.4 is 5.73 Å². The Morgan fingerprint density at radius 2 is 2.17 bits per heavy atom. The molecule has 2 N–H and O–H groups in total. The fourth-order valence-electron chi connectivity index (χ4n) is 1.70. The number of rotatable bonds is 1. The summed E-state index contributed by atoms with van der Waals surface area (Å²) in [5, 5.41) is 4.34. The van der Waals surface area contributed by atoms with Crippen LogP contribution in [0.15, 0.2) is 29.0 Å². The van der Waals surface area contributed by atoms with Crippen LogP contribution in [0, 0.1) is 0 Å². The van der Waals surface area contributed by atoms with Crippen molar-refractivity contribution in [2.75, 3.05) is 0 Å². The third-order valence-corrected chi connectivity index (χ3v) is 3.15. The molecule has 0 saturated carbocycles. The molecule has 1 heterocycles. The molecule has 0 bridgehead atoms. The molecular weight excluding hydrogens is 166 g/mol. The highest BCUT2D eigenvalue weighted by Gasteiger charge is 2.20. The SMILES string of the molecule is N[C@H]1CC=CC[C@@H]1c1ccsc1. The number of allylic oxidation sites excluding steroid dienone is 1. The van der Waals surface area contributed by atoms with Crippen molar-refractivity contribution in [1.29, 1.82) is 0 Å². The summed E-state index contributed by atoms with van der Waals surface area (Å²) in [6.45, 7) is 0. The lowest BCUT2D eigenvalue weighted by Gasteiger charge is -2.24. The Morgan fingerprint density at radius 1 is 1.33 bits per heavy atom. The molecule has 2 atom stereocenters. The van der Waals surface area contributed by atoms with Gasteiger partial charge >= 0.3 is 0 Å². The lowest BCUT2D eigenvalue weighted by Crippen LogP contribution is -2.29. The second-order valence-electron chi connectivity index (χ2n) is 3.27. The zero-order chi connectivity index (χ0) is 8.39. The number of hydrogen-bond donors (Lipinski definition) is 1.